The summed E-state index contributed by atoms with van der Waals surface area (Å²) in [4.78, 5) is 57.4. The Hall–Kier alpha value is -3.09. The molecule has 0 unspecified atom stereocenters. The normalized spacial score (nSPS) is 24.6. The zero-order valence-corrected chi connectivity index (χ0v) is 23.6. The average molecular weight is 576 g/mol. The zero-order chi connectivity index (χ0) is 29.2. The van der Waals surface area contributed by atoms with Crippen LogP contribution in [0.2, 0.25) is 0 Å². The Balaban J connectivity index is 1.43. The second-order valence-corrected chi connectivity index (χ2v) is 11.0. The van der Waals surface area contributed by atoms with Gasteiger partial charge >= 0.3 is 0 Å². The van der Waals surface area contributed by atoms with E-state index in [2.05, 4.69) is 5.32 Å². The smallest absolute Gasteiger partial charge is 0.253 e. The van der Waals surface area contributed by atoms with Gasteiger partial charge in [-0.2, -0.15) is 0 Å². The van der Waals surface area contributed by atoms with E-state index < -0.39 is 5.82 Å². The van der Waals surface area contributed by atoms with Crippen LogP contribution in [-0.4, -0.2) is 117 Å². The average Bonchev–Trinajstić information content (AvgIpc) is 2.97. The van der Waals surface area contributed by atoms with Crippen LogP contribution in [0.25, 0.3) is 0 Å². The van der Waals surface area contributed by atoms with E-state index in [4.69, 9.17) is 15.2 Å². The highest BCUT2D eigenvalue weighted by Crippen LogP contribution is 2.29. The molecule has 4 saturated heterocycles. The SMILES string of the molecule is NCC[C@H]1CN2CC[C@@H]1CC(=O)NCCOCCOCC(=O)N(C1CCN(C(=O)c3ccc(F)cc3)CC1)CC2=O. The van der Waals surface area contributed by atoms with Crippen molar-refractivity contribution in [3.8, 4) is 0 Å². The summed E-state index contributed by atoms with van der Waals surface area (Å²) >= 11 is 0. The number of likely N-dealkylation sites (tertiary alicyclic amines) is 1. The zero-order valence-electron chi connectivity index (χ0n) is 23.6. The fourth-order valence-corrected chi connectivity index (χ4v) is 5.97. The van der Waals surface area contributed by atoms with Crippen molar-refractivity contribution in [2.75, 3.05) is 72.2 Å². The fraction of sp³-hybridized carbons (Fsp3) is 0.655. The number of nitrogens with two attached hydrogens (primary N) is 1. The topological polar surface area (TPSA) is 135 Å². The van der Waals surface area contributed by atoms with Gasteiger partial charge in [-0.15, -0.1) is 0 Å². The van der Waals surface area contributed by atoms with Crippen LogP contribution in [-0.2, 0) is 23.9 Å². The largest absolute Gasteiger partial charge is 0.377 e. The number of hydrogen-bond donors (Lipinski definition) is 2. The van der Waals surface area contributed by atoms with Crippen LogP contribution in [0.4, 0.5) is 4.39 Å². The molecule has 4 aliphatic rings. The predicted octanol–water partition coefficient (Wildman–Crippen LogP) is 0.626. The number of amides is 4. The number of ether oxygens (including phenoxy) is 2. The van der Waals surface area contributed by atoms with Crippen LogP contribution in [0.1, 0.15) is 42.5 Å². The molecule has 4 heterocycles. The molecule has 2 bridgehead atoms. The van der Waals surface area contributed by atoms with Gasteiger partial charge in [0.15, 0.2) is 0 Å². The number of fused-ring (bicyclic) bond motifs is 15. The Morgan fingerprint density at radius 2 is 1.71 bits per heavy atom. The van der Waals surface area contributed by atoms with E-state index >= 15 is 0 Å². The molecular formula is C29H42FN5O6. The Bertz CT molecular complexity index is 1050. The van der Waals surface area contributed by atoms with Gasteiger partial charge in [-0.1, -0.05) is 0 Å². The Morgan fingerprint density at radius 3 is 2.44 bits per heavy atom. The molecular weight excluding hydrogens is 533 g/mol. The highest BCUT2D eigenvalue weighted by atomic mass is 19.1. The number of carbonyl (C=O) groups is 4. The van der Waals surface area contributed by atoms with Crippen LogP contribution in [0.3, 0.4) is 0 Å². The van der Waals surface area contributed by atoms with Crippen molar-refractivity contribution < 1.29 is 33.0 Å². The van der Waals surface area contributed by atoms with E-state index in [1.807, 2.05) is 0 Å². The summed E-state index contributed by atoms with van der Waals surface area (Å²) < 4.78 is 24.4. The third-order valence-corrected chi connectivity index (χ3v) is 8.30. The van der Waals surface area contributed by atoms with E-state index in [-0.39, 0.29) is 67.9 Å². The molecule has 4 amide bonds. The molecule has 4 aliphatic heterocycles. The maximum Gasteiger partial charge on any atom is 0.253 e. The van der Waals surface area contributed by atoms with Gasteiger partial charge in [0.2, 0.25) is 17.7 Å². The fourth-order valence-electron chi connectivity index (χ4n) is 5.97. The van der Waals surface area contributed by atoms with Crippen LogP contribution in [0.15, 0.2) is 24.3 Å². The molecule has 1 aromatic rings. The van der Waals surface area contributed by atoms with Gasteiger partial charge in [0.25, 0.3) is 5.91 Å². The summed E-state index contributed by atoms with van der Waals surface area (Å²) in [5, 5.41) is 2.89. The van der Waals surface area contributed by atoms with Crippen LogP contribution < -0.4 is 11.1 Å². The highest BCUT2D eigenvalue weighted by Gasteiger charge is 2.36. The molecule has 3 N–H and O–H groups in total. The van der Waals surface area contributed by atoms with E-state index in [9.17, 15) is 23.6 Å². The molecule has 5 rings (SSSR count). The summed E-state index contributed by atoms with van der Waals surface area (Å²) in [5.74, 6) is -0.792. The minimum absolute atomic E-state index is 0.0289. The number of benzene rings is 1. The maximum absolute atomic E-state index is 13.5. The number of hydrogen-bond acceptors (Lipinski definition) is 7. The highest BCUT2D eigenvalue weighted by molar-refractivity contribution is 5.94. The summed E-state index contributed by atoms with van der Waals surface area (Å²) in [6, 6.07) is 5.23. The van der Waals surface area contributed by atoms with Crippen LogP contribution >= 0.6 is 0 Å². The predicted molar refractivity (Wildman–Crippen MR) is 148 cm³/mol. The molecule has 0 radical (unpaired) electrons. The molecule has 4 fully saturated rings. The van der Waals surface area contributed by atoms with Gasteiger partial charge in [-0.25, -0.2) is 4.39 Å². The monoisotopic (exact) mass is 575 g/mol. The molecule has 2 atom stereocenters. The Kier molecular flexibility index (Phi) is 11.5. The molecule has 0 saturated carbocycles. The van der Waals surface area contributed by atoms with Crippen LogP contribution in [0.5, 0.6) is 0 Å². The minimum Gasteiger partial charge on any atom is -0.377 e. The second kappa shape index (κ2) is 15.2. The number of nitrogens with zero attached hydrogens (tertiary/aromatic N) is 3. The van der Waals surface area contributed by atoms with Gasteiger partial charge in [-0.05, 0) is 68.3 Å². The van der Waals surface area contributed by atoms with Crippen molar-refractivity contribution in [3.05, 3.63) is 35.6 Å². The van der Waals surface area contributed by atoms with Gasteiger partial charge < -0.3 is 35.2 Å². The molecule has 41 heavy (non-hydrogen) atoms. The number of carbonyl (C=O) groups excluding carboxylic acids is 4. The van der Waals surface area contributed by atoms with Crippen LogP contribution in [0, 0.1) is 17.7 Å². The molecule has 11 nitrogen and oxygen atoms in total. The lowest BCUT2D eigenvalue weighted by Gasteiger charge is -2.41. The Labute approximate surface area is 240 Å². The first-order valence-electron chi connectivity index (χ1n) is 14.6. The quantitative estimate of drug-likeness (QED) is 0.503. The van der Waals surface area contributed by atoms with E-state index in [0.29, 0.717) is 83.5 Å². The third kappa shape index (κ3) is 8.70. The summed E-state index contributed by atoms with van der Waals surface area (Å²) in [6.45, 7) is 3.30. The first kappa shape index (κ1) is 30.9. The number of halogens is 1. The van der Waals surface area contributed by atoms with Crippen molar-refractivity contribution >= 4 is 23.6 Å². The molecule has 12 heteroatoms. The number of piperidine rings is 2. The van der Waals surface area contributed by atoms with Crippen molar-refractivity contribution in [1.82, 2.24) is 20.0 Å². The first-order chi connectivity index (χ1) is 19.9. The number of nitrogens with one attached hydrogen (secondary N) is 1. The Morgan fingerprint density at radius 1 is 0.976 bits per heavy atom. The summed E-state index contributed by atoms with van der Waals surface area (Å²) in [7, 11) is 0. The molecule has 0 aromatic heterocycles. The van der Waals surface area contributed by atoms with E-state index in [1.165, 1.54) is 24.3 Å². The maximum atomic E-state index is 13.5. The van der Waals surface area contributed by atoms with Gasteiger partial charge in [0.05, 0.1) is 19.8 Å². The second-order valence-electron chi connectivity index (χ2n) is 11.0. The number of rotatable bonds is 4. The molecule has 0 spiro atoms. The van der Waals surface area contributed by atoms with Gasteiger partial charge in [0, 0.05) is 50.7 Å². The molecule has 226 valence electrons. The van der Waals surface area contributed by atoms with Crippen molar-refractivity contribution in [2.24, 2.45) is 17.6 Å². The summed E-state index contributed by atoms with van der Waals surface area (Å²) in [5.41, 5.74) is 6.29. The van der Waals surface area contributed by atoms with Crippen molar-refractivity contribution in [2.45, 2.75) is 38.1 Å². The van der Waals surface area contributed by atoms with Crippen molar-refractivity contribution in [3.63, 3.8) is 0 Å². The van der Waals surface area contributed by atoms with E-state index in [1.54, 1.807) is 14.7 Å². The molecule has 1 aromatic carbocycles. The molecule has 0 aliphatic carbocycles. The van der Waals surface area contributed by atoms with Crippen molar-refractivity contribution in [1.29, 1.82) is 0 Å². The third-order valence-electron chi connectivity index (χ3n) is 8.30. The lowest BCUT2D eigenvalue weighted by molar-refractivity contribution is -0.148. The van der Waals surface area contributed by atoms with Gasteiger partial charge in [-0.3, -0.25) is 19.2 Å². The summed E-state index contributed by atoms with van der Waals surface area (Å²) in [6.07, 6.45) is 2.82. The van der Waals surface area contributed by atoms with Gasteiger partial charge in [0.1, 0.15) is 19.0 Å². The van der Waals surface area contributed by atoms with E-state index in [0.717, 1.165) is 0 Å². The standard InChI is InChI=1S/C29H42FN5O6/c30-24-3-1-21(2-4-24)29(39)33-12-7-25(8-13-33)35-19-27(37)34-11-6-22(23(18-34)5-9-31)17-26(36)32-10-14-40-15-16-41-20-28(35)38/h1-4,22-23,25H,5-20,31H2,(H,32,36)/t22-,23+/m1/s1. The lowest BCUT2D eigenvalue weighted by atomic mass is 9.81. The first-order valence-corrected chi connectivity index (χ1v) is 14.6. The lowest BCUT2D eigenvalue weighted by Crippen LogP contribution is -2.54. The minimum atomic E-state index is -0.403.